The van der Waals surface area contributed by atoms with Crippen LogP contribution in [0.15, 0.2) is 24.3 Å². The van der Waals surface area contributed by atoms with Gasteiger partial charge in [0.25, 0.3) is 0 Å². The highest BCUT2D eigenvalue weighted by Crippen LogP contribution is 2.38. The SMILES string of the molecule is NC1(c2[nH]nc3ccccc23)CCCC1. The van der Waals surface area contributed by atoms with Gasteiger partial charge in [-0.2, -0.15) is 5.10 Å². The summed E-state index contributed by atoms with van der Waals surface area (Å²) in [6.07, 6.45) is 4.59. The maximum Gasteiger partial charge on any atom is 0.0924 e. The monoisotopic (exact) mass is 201 g/mol. The molecule has 3 nitrogen and oxygen atoms in total. The number of rotatable bonds is 1. The van der Waals surface area contributed by atoms with Crippen molar-refractivity contribution in [1.29, 1.82) is 0 Å². The van der Waals surface area contributed by atoms with Gasteiger partial charge in [-0.15, -0.1) is 0 Å². The van der Waals surface area contributed by atoms with Gasteiger partial charge in [-0.3, -0.25) is 5.10 Å². The molecule has 3 heteroatoms. The highest BCUT2D eigenvalue weighted by molar-refractivity contribution is 5.82. The lowest BCUT2D eigenvalue weighted by atomic mass is 9.92. The molecule has 1 fully saturated rings. The molecule has 3 rings (SSSR count). The van der Waals surface area contributed by atoms with Crippen LogP contribution in [0.3, 0.4) is 0 Å². The smallest absolute Gasteiger partial charge is 0.0924 e. The van der Waals surface area contributed by atoms with Crippen LogP contribution in [0.2, 0.25) is 0 Å². The largest absolute Gasteiger partial charge is 0.320 e. The Morgan fingerprint density at radius 3 is 2.73 bits per heavy atom. The normalized spacial score (nSPS) is 19.8. The molecule has 78 valence electrons. The minimum Gasteiger partial charge on any atom is -0.320 e. The first kappa shape index (κ1) is 8.92. The molecular weight excluding hydrogens is 186 g/mol. The first-order chi connectivity index (χ1) is 7.30. The van der Waals surface area contributed by atoms with Gasteiger partial charge < -0.3 is 5.73 Å². The van der Waals surface area contributed by atoms with Crippen molar-refractivity contribution < 1.29 is 0 Å². The van der Waals surface area contributed by atoms with Gasteiger partial charge in [0.05, 0.1) is 16.7 Å². The third kappa shape index (κ3) is 1.27. The number of H-pyrrole nitrogens is 1. The fourth-order valence-corrected chi connectivity index (χ4v) is 2.59. The highest BCUT2D eigenvalue weighted by atomic mass is 15.1. The summed E-state index contributed by atoms with van der Waals surface area (Å²) < 4.78 is 0. The maximum absolute atomic E-state index is 6.42. The Balaban J connectivity index is 2.18. The second kappa shape index (κ2) is 3.07. The van der Waals surface area contributed by atoms with E-state index < -0.39 is 0 Å². The van der Waals surface area contributed by atoms with Gasteiger partial charge in [0.15, 0.2) is 0 Å². The maximum atomic E-state index is 6.42. The van der Waals surface area contributed by atoms with Crippen LogP contribution in [0.25, 0.3) is 10.9 Å². The molecule has 0 amide bonds. The van der Waals surface area contributed by atoms with Crippen LogP contribution in [0.1, 0.15) is 31.4 Å². The van der Waals surface area contributed by atoms with Gasteiger partial charge in [0, 0.05) is 5.39 Å². The molecule has 3 N–H and O–H groups in total. The Morgan fingerprint density at radius 1 is 1.20 bits per heavy atom. The number of fused-ring (bicyclic) bond motifs is 1. The molecule has 0 unspecified atom stereocenters. The van der Waals surface area contributed by atoms with E-state index in [9.17, 15) is 0 Å². The topological polar surface area (TPSA) is 54.7 Å². The van der Waals surface area contributed by atoms with Gasteiger partial charge in [0.1, 0.15) is 0 Å². The first-order valence-electron chi connectivity index (χ1n) is 5.52. The van der Waals surface area contributed by atoms with Gasteiger partial charge >= 0.3 is 0 Å². The summed E-state index contributed by atoms with van der Waals surface area (Å²) in [5, 5.41) is 8.61. The number of nitrogens with two attached hydrogens (primary N) is 1. The molecular formula is C12H15N3. The molecule has 1 aliphatic rings. The summed E-state index contributed by atoms with van der Waals surface area (Å²) in [7, 11) is 0. The zero-order valence-corrected chi connectivity index (χ0v) is 8.66. The highest BCUT2D eigenvalue weighted by Gasteiger charge is 2.34. The Kier molecular flexibility index (Phi) is 1.83. The van der Waals surface area contributed by atoms with Crippen molar-refractivity contribution in [2.75, 3.05) is 0 Å². The molecule has 1 aromatic heterocycles. The number of hydrogen-bond donors (Lipinski definition) is 2. The molecule has 1 saturated carbocycles. The van der Waals surface area contributed by atoms with E-state index in [0.717, 1.165) is 24.1 Å². The molecule has 0 spiro atoms. The number of benzene rings is 1. The van der Waals surface area contributed by atoms with E-state index in [4.69, 9.17) is 5.73 Å². The van der Waals surface area contributed by atoms with Gasteiger partial charge in [0.2, 0.25) is 0 Å². The number of nitrogens with zero attached hydrogens (tertiary/aromatic N) is 1. The van der Waals surface area contributed by atoms with Crippen molar-refractivity contribution in [2.45, 2.75) is 31.2 Å². The lowest BCUT2D eigenvalue weighted by molar-refractivity contribution is 0.450. The molecule has 1 aliphatic carbocycles. The summed E-state index contributed by atoms with van der Waals surface area (Å²) in [5.74, 6) is 0. The molecule has 1 heterocycles. The van der Waals surface area contributed by atoms with E-state index in [-0.39, 0.29) is 5.54 Å². The molecule has 15 heavy (non-hydrogen) atoms. The molecule has 0 saturated heterocycles. The van der Waals surface area contributed by atoms with Crippen molar-refractivity contribution in [3.05, 3.63) is 30.0 Å². The quantitative estimate of drug-likeness (QED) is 0.743. The zero-order chi connectivity index (χ0) is 10.3. The minimum atomic E-state index is -0.171. The van der Waals surface area contributed by atoms with Gasteiger partial charge in [-0.1, -0.05) is 31.0 Å². The molecule has 2 aromatic rings. The van der Waals surface area contributed by atoms with Crippen LogP contribution in [-0.4, -0.2) is 10.2 Å². The Labute approximate surface area is 88.7 Å². The molecule has 1 aromatic carbocycles. The molecule has 0 bridgehead atoms. The van der Waals surface area contributed by atoms with E-state index in [2.05, 4.69) is 16.3 Å². The summed E-state index contributed by atoms with van der Waals surface area (Å²) >= 11 is 0. The number of para-hydroxylation sites is 1. The number of nitrogens with one attached hydrogen (secondary N) is 1. The van der Waals surface area contributed by atoms with Crippen molar-refractivity contribution in [3.8, 4) is 0 Å². The number of aromatic amines is 1. The Morgan fingerprint density at radius 2 is 1.93 bits per heavy atom. The average Bonchev–Trinajstić information content (AvgIpc) is 2.84. The lowest BCUT2D eigenvalue weighted by Crippen LogP contribution is -2.33. The summed E-state index contributed by atoms with van der Waals surface area (Å²) in [6, 6.07) is 8.17. The van der Waals surface area contributed by atoms with Crippen LogP contribution in [0.4, 0.5) is 0 Å². The first-order valence-corrected chi connectivity index (χ1v) is 5.52. The predicted molar refractivity (Wildman–Crippen MR) is 60.4 cm³/mol. The third-order valence-corrected chi connectivity index (χ3v) is 3.46. The average molecular weight is 201 g/mol. The van der Waals surface area contributed by atoms with Crippen molar-refractivity contribution in [2.24, 2.45) is 5.73 Å². The fraction of sp³-hybridized carbons (Fsp3) is 0.417. The van der Waals surface area contributed by atoms with Crippen LogP contribution in [0, 0.1) is 0 Å². The van der Waals surface area contributed by atoms with Crippen molar-refractivity contribution in [1.82, 2.24) is 10.2 Å². The minimum absolute atomic E-state index is 0.171. The van der Waals surface area contributed by atoms with Gasteiger partial charge in [-0.25, -0.2) is 0 Å². The van der Waals surface area contributed by atoms with Crippen LogP contribution >= 0.6 is 0 Å². The standard InChI is InChI=1S/C12H15N3/c13-12(7-3-4-8-12)11-9-5-1-2-6-10(9)14-15-11/h1-2,5-6H,3-4,7-8,13H2,(H,14,15). The molecule has 0 atom stereocenters. The summed E-state index contributed by atoms with van der Waals surface area (Å²) in [4.78, 5) is 0. The summed E-state index contributed by atoms with van der Waals surface area (Å²) in [6.45, 7) is 0. The number of hydrogen-bond acceptors (Lipinski definition) is 2. The lowest BCUT2D eigenvalue weighted by Gasteiger charge is -2.22. The Bertz CT molecular complexity index is 480. The van der Waals surface area contributed by atoms with E-state index >= 15 is 0 Å². The van der Waals surface area contributed by atoms with Crippen LogP contribution in [0.5, 0.6) is 0 Å². The predicted octanol–water partition coefficient (Wildman–Crippen LogP) is 2.29. The van der Waals surface area contributed by atoms with Gasteiger partial charge in [-0.05, 0) is 18.9 Å². The van der Waals surface area contributed by atoms with Crippen molar-refractivity contribution >= 4 is 10.9 Å². The van der Waals surface area contributed by atoms with E-state index in [1.807, 2.05) is 18.2 Å². The van der Waals surface area contributed by atoms with E-state index in [1.54, 1.807) is 0 Å². The van der Waals surface area contributed by atoms with E-state index in [1.165, 1.54) is 18.2 Å². The Hall–Kier alpha value is -1.35. The number of aromatic nitrogens is 2. The van der Waals surface area contributed by atoms with Crippen LogP contribution in [-0.2, 0) is 5.54 Å². The second-order valence-corrected chi connectivity index (χ2v) is 4.48. The van der Waals surface area contributed by atoms with Crippen molar-refractivity contribution in [3.63, 3.8) is 0 Å². The molecule has 0 aliphatic heterocycles. The zero-order valence-electron chi connectivity index (χ0n) is 8.66. The van der Waals surface area contributed by atoms with E-state index in [0.29, 0.717) is 0 Å². The third-order valence-electron chi connectivity index (χ3n) is 3.46. The second-order valence-electron chi connectivity index (χ2n) is 4.48. The summed E-state index contributed by atoms with van der Waals surface area (Å²) in [5.41, 5.74) is 8.39. The van der Waals surface area contributed by atoms with Crippen LogP contribution < -0.4 is 5.73 Å². The fourth-order valence-electron chi connectivity index (χ4n) is 2.59. The molecule has 0 radical (unpaired) electrons.